The van der Waals surface area contributed by atoms with Crippen LogP contribution in [-0.2, 0) is 11.3 Å². The summed E-state index contributed by atoms with van der Waals surface area (Å²) in [4.78, 5) is 18.7. The standard InChI is InChI=1S/C30H29N3O3/c1-21(23-12-14-26(15-13-23)30(34)35-2)32-29-28-27(16-17-31-29)36-19-18-33(28)20-22-8-10-25(11-9-22)24-6-4-3-5-7-24/h3-17,21H,18-20H2,1-2H3,(H,31,32). The zero-order chi connectivity index (χ0) is 24.9. The van der Waals surface area contributed by atoms with E-state index in [0.29, 0.717) is 12.2 Å². The number of nitrogens with zero attached hydrogens (tertiary/aromatic N) is 2. The van der Waals surface area contributed by atoms with Gasteiger partial charge in [-0.25, -0.2) is 9.78 Å². The van der Waals surface area contributed by atoms with Gasteiger partial charge in [0.25, 0.3) is 0 Å². The smallest absolute Gasteiger partial charge is 0.337 e. The Hall–Kier alpha value is -4.32. The van der Waals surface area contributed by atoms with E-state index in [1.807, 2.05) is 24.3 Å². The van der Waals surface area contributed by atoms with Gasteiger partial charge in [0.05, 0.1) is 25.3 Å². The molecule has 6 heteroatoms. The number of nitrogens with one attached hydrogen (secondary N) is 1. The first-order valence-electron chi connectivity index (χ1n) is 12.1. The molecular weight excluding hydrogens is 450 g/mol. The minimum Gasteiger partial charge on any atom is -0.489 e. The maximum atomic E-state index is 11.8. The second-order valence-corrected chi connectivity index (χ2v) is 8.82. The van der Waals surface area contributed by atoms with E-state index in [2.05, 4.69) is 70.7 Å². The van der Waals surface area contributed by atoms with Gasteiger partial charge in [-0.2, -0.15) is 0 Å². The van der Waals surface area contributed by atoms with E-state index in [1.54, 1.807) is 18.3 Å². The van der Waals surface area contributed by atoms with Crippen LogP contribution in [0.2, 0.25) is 0 Å². The molecule has 4 aromatic rings. The van der Waals surface area contributed by atoms with Gasteiger partial charge in [0.2, 0.25) is 0 Å². The first-order valence-corrected chi connectivity index (χ1v) is 12.1. The lowest BCUT2D eigenvalue weighted by Crippen LogP contribution is -2.33. The fourth-order valence-corrected chi connectivity index (χ4v) is 4.47. The highest BCUT2D eigenvalue weighted by molar-refractivity contribution is 5.89. The van der Waals surface area contributed by atoms with Crippen LogP contribution in [-0.4, -0.2) is 31.2 Å². The van der Waals surface area contributed by atoms with Crippen LogP contribution in [0.1, 0.15) is 34.5 Å². The molecule has 0 spiro atoms. The number of ether oxygens (including phenoxy) is 2. The van der Waals surface area contributed by atoms with E-state index in [4.69, 9.17) is 9.47 Å². The summed E-state index contributed by atoms with van der Waals surface area (Å²) in [5, 5.41) is 3.55. The first kappa shape index (κ1) is 23.4. The van der Waals surface area contributed by atoms with Crippen LogP contribution in [0.15, 0.2) is 91.1 Å². The van der Waals surface area contributed by atoms with Crippen molar-refractivity contribution < 1.29 is 14.3 Å². The van der Waals surface area contributed by atoms with Crippen LogP contribution in [0.4, 0.5) is 11.5 Å². The van der Waals surface area contributed by atoms with Crippen LogP contribution in [0.3, 0.4) is 0 Å². The molecule has 182 valence electrons. The van der Waals surface area contributed by atoms with Crippen molar-refractivity contribution in [2.24, 2.45) is 0 Å². The lowest BCUT2D eigenvalue weighted by atomic mass is 10.0. The van der Waals surface area contributed by atoms with E-state index in [1.165, 1.54) is 23.8 Å². The Bertz CT molecular complexity index is 1320. The van der Waals surface area contributed by atoms with Crippen LogP contribution >= 0.6 is 0 Å². The highest BCUT2D eigenvalue weighted by atomic mass is 16.5. The minimum absolute atomic E-state index is 0.0235. The Morgan fingerprint density at radius 3 is 2.44 bits per heavy atom. The summed E-state index contributed by atoms with van der Waals surface area (Å²) in [6.07, 6.45) is 1.77. The highest BCUT2D eigenvalue weighted by Crippen LogP contribution is 2.39. The van der Waals surface area contributed by atoms with Crippen molar-refractivity contribution in [1.29, 1.82) is 0 Å². The molecule has 0 fully saturated rings. The second-order valence-electron chi connectivity index (χ2n) is 8.82. The van der Waals surface area contributed by atoms with E-state index in [0.717, 1.165) is 35.9 Å². The largest absolute Gasteiger partial charge is 0.489 e. The summed E-state index contributed by atoms with van der Waals surface area (Å²) >= 11 is 0. The maximum Gasteiger partial charge on any atom is 0.337 e. The Labute approximate surface area is 211 Å². The van der Waals surface area contributed by atoms with Gasteiger partial charge in [-0.15, -0.1) is 0 Å². The fraction of sp³-hybridized carbons (Fsp3) is 0.200. The molecule has 1 aliphatic heterocycles. The summed E-state index contributed by atoms with van der Waals surface area (Å²) < 4.78 is 10.8. The number of carbonyl (C=O) groups is 1. The number of benzene rings is 3. The van der Waals surface area contributed by atoms with Crippen LogP contribution in [0.5, 0.6) is 5.75 Å². The van der Waals surface area contributed by atoms with Gasteiger partial charge in [0.1, 0.15) is 18.0 Å². The number of fused-ring (bicyclic) bond motifs is 1. The minimum atomic E-state index is -0.342. The van der Waals surface area contributed by atoms with Gasteiger partial charge in [0.15, 0.2) is 5.82 Å². The topological polar surface area (TPSA) is 63.7 Å². The molecule has 0 radical (unpaired) electrons. The Morgan fingerprint density at radius 1 is 1.00 bits per heavy atom. The molecule has 0 saturated heterocycles. The lowest BCUT2D eigenvalue weighted by Gasteiger charge is -2.33. The molecule has 0 saturated carbocycles. The van der Waals surface area contributed by atoms with Crippen molar-refractivity contribution >= 4 is 17.5 Å². The number of methoxy groups -OCH3 is 1. The molecule has 36 heavy (non-hydrogen) atoms. The van der Waals surface area contributed by atoms with Gasteiger partial charge < -0.3 is 19.7 Å². The predicted octanol–water partition coefficient (Wildman–Crippen LogP) is 6.11. The summed E-state index contributed by atoms with van der Waals surface area (Å²) in [5.74, 6) is 1.26. The Kier molecular flexibility index (Phi) is 6.85. The molecule has 1 atom stereocenters. The molecular formula is C30H29N3O3. The molecule has 0 amide bonds. The molecule has 3 aromatic carbocycles. The third-order valence-corrected chi connectivity index (χ3v) is 6.44. The highest BCUT2D eigenvalue weighted by Gasteiger charge is 2.24. The zero-order valence-corrected chi connectivity index (χ0v) is 20.5. The average molecular weight is 480 g/mol. The molecule has 1 aliphatic rings. The van der Waals surface area contributed by atoms with E-state index >= 15 is 0 Å². The molecule has 5 rings (SSSR count). The van der Waals surface area contributed by atoms with Crippen molar-refractivity contribution in [2.75, 3.05) is 30.5 Å². The van der Waals surface area contributed by atoms with Crippen molar-refractivity contribution in [3.63, 3.8) is 0 Å². The van der Waals surface area contributed by atoms with Crippen molar-refractivity contribution in [2.45, 2.75) is 19.5 Å². The van der Waals surface area contributed by atoms with Gasteiger partial charge in [-0.1, -0.05) is 66.7 Å². The number of rotatable bonds is 7. The normalized spacial score (nSPS) is 13.3. The maximum absolute atomic E-state index is 11.8. The van der Waals surface area contributed by atoms with Crippen molar-refractivity contribution in [3.05, 3.63) is 108 Å². The van der Waals surface area contributed by atoms with Crippen LogP contribution in [0, 0.1) is 0 Å². The third kappa shape index (κ3) is 5.03. The second kappa shape index (κ2) is 10.5. The predicted molar refractivity (Wildman–Crippen MR) is 142 cm³/mol. The fourth-order valence-electron chi connectivity index (χ4n) is 4.47. The number of hydrogen-bond donors (Lipinski definition) is 1. The lowest BCUT2D eigenvalue weighted by molar-refractivity contribution is 0.0600. The molecule has 0 bridgehead atoms. The summed E-state index contributed by atoms with van der Waals surface area (Å²) in [5.41, 5.74) is 6.18. The van der Waals surface area contributed by atoms with E-state index in [9.17, 15) is 4.79 Å². The van der Waals surface area contributed by atoms with E-state index in [-0.39, 0.29) is 12.0 Å². The number of carbonyl (C=O) groups excluding carboxylic acids is 1. The number of pyridine rings is 1. The molecule has 6 nitrogen and oxygen atoms in total. The van der Waals surface area contributed by atoms with Gasteiger partial charge in [-0.05, 0) is 41.3 Å². The number of anilines is 2. The van der Waals surface area contributed by atoms with Gasteiger partial charge in [-0.3, -0.25) is 0 Å². The van der Waals surface area contributed by atoms with Crippen molar-refractivity contribution in [3.8, 4) is 16.9 Å². The summed E-state index contributed by atoms with van der Waals surface area (Å²) in [6.45, 7) is 4.23. The van der Waals surface area contributed by atoms with Crippen LogP contribution < -0.4 is 15.0 Å². The number of aromatic nitrogens is 1. The quantitative estimate of drug-likeness (QED) is 0.323. The summed E-state index contributed by atoms with van der Waals surface area (Å²) in [6, 6.07) is 28.4. The molecule has 1 N–H and O–H groups in total. The Morgan fingerprint density at radius 2 is 1.72 bits per heavy atom. The first-order chi connectivity index (χ1) is 17.6. The summed E-state index contributed by atoms with van der Waals surface area (Å²) in [7, 11) is 1.39. The number of esters is 1. The van der Waals surface area contributed by atoms with Gasteiger partial charge in [0, 0.05) is 18.8 Å². The monoisotopic (exact) mass is 479 g/mol. The SMILES string of the molecule is COC(=O)c1ccc(C(C)Nc2nccc3c2N(Cc2ccc(-c4ccccc4)cc2)CCO3)cc1. The van der Waals surface area contributed by atoms with Crippen LogP contribution in [0.25, 0.3) is 11.1 Å². The van der Waals surface area contributed by atoms with Crippen molar-refractivity contribution in [1.82, 2.24) is 4.98 Å². The third-order valence-electron chi connectivity index (χ3n) is 6.44. The molecule has 1 unspecified atom stereocenters. The molecule has 2 heterocycles. The molecule has 1 aromatic heterocycles. The molecule has 0 aliphatic carbocycles. The average Bonchev–Trinajstić information content (AvgIpc) is 2.94. The van der Waals surface area contributed by atoms with E-state index < -0.39 is 0 Å². The Balaban J connectivity index is 1.35. The number of hydrogen-bond acceptors (Lipinski definition) is 6. The zero-order valence-electron chi connectivity index (χ0n) is 20.5. The van der Waals surface area contributed by atoms with Gasteiger partial charge >= 0.3 is 5.97 Å².